The van der Waals surface area contributed by atoms with E-state index in [1.807, 2.05) is 0 Å². The molecule has 1 atom stereocenters. The lowest BCUT2D eigenvalue weighted by Gasteiger charge is -2.23. The first-order valence-corrected chi connectivity index (χ1v) is 3.15. The van der Waals surface area contributed by atoms with Gasteiger partial charge in [-0.05, 0) is 0 Å². The molecule has 0 aliphatic carbocycles. The molecule has 0 rings (SSSR count). The summed E-state index contributed by atoms with van der Waals surface area (Å²) in [5, 5.41) is 33.8. The molecule has 0 aromatic carbocycles. The summed E-state index contributed by atoms with van der Waals surface area (Å²) in [4.78, 5) is 0. The number of aliphatic hydroxyl groups is 4. The Morgan fingerprint density at radius 1 is 1.56 bits per heavy atom. The molecule has 4 N–H and O–H groups in total. The Hall–Kier alpha value is 0.0169. The van der Waals surface area contributed by atoms with Gasteiger partial charge in [-0.15, -0.1) is 0 Å². The molecule has 0 aromatic rings. The largest absolute Gasteiger partial charge is 0.393 e. The van der Waals surface area contributed by atoms with Gasteiger partial charge >= 0.3 is 0 Å². The second-order valence-electron chi connectivity index (χ2n) is 1.56. The number of rotatable bonds is 3. The third-order valence-corrected chi connectivity index (χ3v) is 1.51. The third kappa shape index (κ3) is 2.39. The van der Waals surface area contributed by atoms with Crippen molar-refractivity contribution in [3.8, 4) is 0 Å². The Morgan fingerprint density at radius 3 is 2.11 bits per heavy atom. The van der Waals surface area contributed by atoms with Gasteiger partial charge in [-0.25, -0.2) is 0 Å². The van der Waals surface area contributed by atoms with Gasteiger partial charge in [0.25, 0.3) is 5.97 Å². The van der Waals surface area contributed by atoms with E-state index in [-0.39, 0.29) is 10.5 Å². The van der Waals surface area contributed by atoms with Gasteiger partial charge in [0.15, 0.2) is 16.6 Å². The van der Waals surface area contributed by atoms with Crippen molar-refractivity contribution in [2.75, 3.05) is 6.61 Å². The first-order valence-electron chi connectivity index (χ1n) is 2.33. The van der Waals surface area contributed by atoms with E-state index in [1.54, 1.807) is 0 Å². The molecule has 9 heavy (non-hydrogen) atoms. The van der Waals surface area contributed by atoms with Gasteiger partial charge in [-0.1, -0.05) is 0 Å². The molecule has 0 saturated heterocycles. The fraction of sp³-hybridized carbons (Fsp3) is 1.00. The van der Waals surface area contributed by atoms with Crippen LogP contribution in [0.5, 0.6) is 0 Å². The Kier molecular flexibility index (Phi) is 3.26. The van der Waals surface area contributed by atoms with Crippen molar-refractivity contribution < 1.29 is 24.9 Å². The van der Waals surface area contributed by atoms with Crippen molar-refractivity contribution >= 4 is 10.5 Å². The number of hydrogen-bond acceptors (Lipinski definition) is 5. The molecule has 0 saturated carbocycles. The maximum Gasteiger partial charge on any atom is 0.297 e. The van der Waals surface area contributed by atoms with Gasteiger partial charge in [0.1, 0.15) is 0 Å². The summed E-state index contributed by atoms with van der Waals surface area (Å²) in [7, 11) is 0.0787. The van der Waals surface area contributed by atoms with Crippen LogP contribution in [0, 0.1) is 0 Å². The summed E-state index contributed by atoms with van der Waals surface area (Å²) in [6.45, 7) is -0.741. The highest BCUT2D eigenvalue weighted by Crippen LogP contribution is 2.04. The maximum atomic E-state index is 8.55. The van der Waals surface area contributed by atoms with Crippen molar-refractivity contribution in [2.24, 2.45) is 0 Å². The molecule has 0 bridgehead atoms. The highest BCUT2D eigenvalue weighted by atomic mass is 28.2. The summed E-state index contributed by atoms with van der Waals surface area (Å²) in [5.41, 5.74) is 0. The van der Waals surface area contributed by atoms with Crippen LogP contribution >= 0.6 is 0 Å². The van der Waals surface area contributed by atoms with Crippen LogP contribution in [0.4, 0.5) is 0 Å². The average Bonchev–Trinajstić information content (AvgIpc) is 1.86. The van der Waals surface area contributed by atoms with Crippen molar-refractivity contribution in [2.45, 2.75) is 12.1 Å². The Morgan fingerprint density at radius 2 is 2.00 bits per heavy atom. The minimum absolute atomic E-state index is 0.0787. The van der Waals surface area contributed by atoms with Crippen molar-refractivity contribution in [3.05, 3.63) is 0 Å². The summed E-state index contributed by atoms with van der Waals surface area (Å²) >= 11 is 0. The van der Waals surface area contributed by atoms with Crippen LogP contribution in [0.15, 0.2) is 0 Å². The molecule has 0 aliphatic rings. The van der Waals surface area contributed by atoms with Crippen LogP contribution < -0.4 is 0 Å². The zero-order valence-corrected chi connectivity index (χ0v) is 6.98. The van der Waals surface area contributed by atoms with E-state index in [2.05, 4.69) is 4.43 Å². The molecule has 0 fully saturated rings. The molecule has 5 nitrogen and oxygen atoms in total. The standard InChI is InChI=1S/C3H10O5Si/c4-1-2(5)3(6,7)8-9/h2,4-7H,1H2,9H3. The molecule has 0 heterocycles. The maximum absolute atomic E-state index is 8.55. The molecule has 0 spiro atoms. The zero-order chi connectivity index (χ0) is 7.49. The predicted octanol–water partition coefficient (Wildman–Crippen LogP) is -3.72. The SMILES string of the molecule is OCC(O)C(O)(O)O[SiH3]. The molecule has 6 heteroatoms. The van der Waals surface area contributed by atoms with E-state index in [1.165, 1.54) is 0 Å². The normalized spacial score (nSPS) is 16.0. The van der Waals surface area contributed by atoms with Gasteiger partial charge in [0.2, 0.25) is 0 Å². The van der Waals surface area contributed by atoms with E-state index in [9.17, 15) is 0 Å². The topological polar surface area (TPSA) is 90.2 Å². The van der Waals surface area contributed by atoms with Crippen molar-refractivity contribution in [3.63, 3.8) is 0 Å². The molecular weight excluding hydrogens is 144 g/mol. The van der Waals surface area contributed by atoms with Gasteiger partial charge < -0.3 is 24.9 Å². The minimum atomic E-state index is -2.58. The van der Waals surface area contributed by atoms with Crippen LogP contribution in [0.3, 0.4) is 0 Å². The summed E-state index contributed by atoms with van der Waals surface area (Å²) in [5.74, 6) is -2.58. The lowest BCUT2D eigenvalue weighted by atomic mass is 10.3. The van der Waals surface area contributed by atoms with Gasteiger partial charge in [-0.2, -0.15) is 0 Å². The van der Waals surface area contributed by atoms with E-state index in [0.717, 1.165) is 0 Å². The number of aliphatic hydroxyl groups excluding tert-OH is 2. The van der Waals surface area contributed by atoms with Gasteiger partial charge in [0, 0.05) is 0 Å². The van der Waals surface area contributed by atoms with Crippen LogP contribution in [-0.4, -0.2) is 49.6 Å². The molecule has 0 amide bonds. The predicted molar refractivity (Wildman–Crippen MR) is 31.3 cm³/mol. The Labute approximate surface area is 55.1 Å². The quantitative estimate of drug-likeness (QED) is 0.248. The molecule has 0 radical (unpaired) electrons. The van der Waals surface area contributed by atoms with E-state index in [0.29, 0.717) is 0 Å². The lowest BCUT2D eigenvalue weighted by molar-refractivity contribution is -0.341. The summed E-state index contributed by atoms with van der Waals surface area (Å²) in [6.07, 6.45) is -1.66. The van der Waals surface area contributed by atoms with Gasteiger partial charge in [0.05, 0.1) is 6.61 Å². The monoisotopic (exact) mass is 154 g/mol. The molecular formula is C3H10O5Si. The average molecular weight is 154 g/mol. The first-order chi connectivity index (χ1) is 4.04. The summed E-state index contributed by atoms with van der Waals surface area (Å²) in [6, 6.07) is 0. The molecule has 56 valence electrons. The smallest absolute Gasteiger partial charge is 0.297 e. The second-order valence-corrected chi connectivity index (χ2v) is 1.97. The van der Waals surface area contributed by atoms with Crippen LogP contribution in [0.25, 0.3) is 0 Å². The molecule has 0 aliphatic heterocycles. The third-order valence-electron chi connectivity index (χ3n) is 0.907. The Balaban J connectivity index is 3.80. The van der Waals surface area contributed by atoms with Gasteiger partial charge in [-0.3, -0.25) is 0 Å². The fourth-order valence-electron chi connectivity index (χ4n) is 0.255. The van der Waals surface area contributed by atoms with Crippen molar-refractivity contribution in [1.82, 2.24) is 0 Å². The summed E-state index contributed by atoms with van der Waals surface area (Å²) < 4.78 is 4.13. The number of hydrogen-bond donors (Lipinski definition) is 4. The van der Waals surface area contributed by atoms with Crippen LogP contribution in [0.1, 0.15) is 0 Å². The highest BCUT2D eigenvalue weighted by molar-refractivity contribution is 5.98. The minimum Gasteiger partial charge on any atom is -0.393 e. The van der Waals surface area contributed by atoms with E-state index >= 15 is 0 Å². The lowest BCUT2D eigenvalue weighted by Crippen LogP contribution is -2.46. The Bertz CT molecular complexity index is 84.3. The van der Waals surface area contributed by atoms with E-state index in [4.69, 9.17) is 20.4 Å². The fourth-order valence-corrected chi connectivity index (χ4v) is 0.527. The van der Waals surface area contributed by atoms with Crippen molar-refractivity contribution in [1.29, 1.82) is 0 Å². The molecule has 0 aromatic heterocycles. The second kappa shape index (κ2) is 3.25. The van der Waals surface area contributed by atoms with Crippen LogP contribution in [-0.2, 0) is 4.43 Å². The van der Waals surface area contributed by atoms with E-state index < -0.39 is 18.7 Å². The zero-order valence-electron chi connectivity index (χ0n) is 4.98. The van der Waals surface area contributed by atoms with Crippen LogP contribution in [0.2, 0.25) is 0 Å². The molecule has 1 unspecified atom stereocenters. The highest BCUT2D eigenvalue weighted by Gasteiger charge is 2.31. The first kappa shape index (κ1) is 9.02.